The van der Waals surface area contributed by atoms with E-state index in [1.54, 1.807) is 23.3 Å². The highest BCUT2D eigenvalue weighted by atomic mass is 32.1. The predicted octanol–water partition coefficient (Wildman–Crippen LogP) is 2.46. The van der Waals surface area contributed by atoms with Crippen LogP contribution in [0.25, 0.3) is 0 Å². The van der Waals surface area contributed by atoms with E-state index < -0.39 is 0 Å². The van der Waals surface area contributed by atoms with Crippen LogP contribution in [0.2, 0.25) is 0 Å². The van der Waals surface area contributed by atoms with Crippen LogP contribution >= 0.6 is 11.3 Å². The quantitative estimate of drug-likeness (QED) is 0.843. The zero-order valence-electron chi connectivity index (χ0n) is 11.3. The Morgan fingerprint density at radius 2 is 2.32 bits per heavy atom. The maximum Gasteiger partial charge on any atom is 0.229 e. The maximum absolute atomic E-state index is 12.0. The molecular formula is C13H17N3O2S. The average molecular weight is 279 g/mol. The molecule has 0 radical (unpaired) electrons. The Kier molecular flexibility index (Phi) is 4.31. The van der Waals surface area contributed by atoms with Gasteiger partial charge in [-0.2, -0.15) is 16.3 Å². The standard InChI is InChI=1S/C13H17N3O2S/c1-9(2)13-14-11(15-18-13)7-16(3)12(17)6-10-4-5-19-8-10/h4-5,8-9H,6-7H2,1-3H3. The van der Waals surface area contributed by atoms with Crippen molar-refractivity contribution in [2.24, 2.45) is 0 Å². The number of likely N-dealkylation sites (N-methyl/N-ethyl adjacent to an activating group) is 1. The van der Waals surface area contributed by atoms with Crippen molar-refractivity contribution in [1.29, 1.82) is 0 Å². The van der Waals surface area contributed by atoms with Crippen molar-refractivity contribution in [2.45, 2.75) is 32.7 Å². The largest absolute Gasteiger partial charge is 0.339 e. The molecule has 0 aliphatic rings. The van der Waals surface area contributed by atoms with Crippen LogP contribution in [0.15, 0.2) is 21.3 Å². The van der Waals surface area contributed by atoms with Gasteiger partial charge >= 0.3 is 0 Å². The molecule has 2 heterocycles. The summed E-state index contributed by atoms with van der Waals surface area (Å²) in [6, 6.07) is 1.96. The number of thiophene rings is 1. The fourth-order valence-corrected chi connectivity index (χ4v) is 2.24. The van der Waals surface area contributed by atoms with Gasteiger partial charge in [-0.05, 0) is 22.4 Å². The lowest BCUT2D eigenvalue weighted by Gasteiger charge is -2.14. The summed E-state index contributed by atoms with van der Waals surface area (Å²) in [5.74, 6) is 1.40. The molecule has 0 saturated carbocycles. The molecule has 0 unspecified atom stereocenters. The molecule has 0 aliphatic carbocycles. The fraction of sp³-hybridized carbons (Fsp3) is 0.462. The molecule has 0 bridgehead atoms. The van der Waals surface area contributed by atoms with Gasteiger partial charge in [0.1, 0.15) is 0 Å². The molecule has 0 N–H and O–H groups in total. The third-order valence-electron chi connectivity index (χ3n) is 2.72. The molecule has 2 aromatic rings. The van der Waals surface area contributed by atoms with Crippen molar-refractivity contribution in [2.75, 3.05) is 7.05 Å². The summed E-state index contributed by atoms with van der Waals surface area (Å²) in [5, 5.41) is 7.83. The summed E-state index contributed by atoms with van der Waals surface area (Å²) in [7, 11) is 1.75. The summed E-state index contributed by atoms with van der Waals surface area (Å²) in [6.45, 7) is 4.35. The molecule has 19 heavy (non-hydrogen) atoms. The normalized spacial score (nSPS) is 10.9. The number of amides is 1. The number of aromatic nitrogens is 2. The Hall–Kier alpha value is -1.69. The van der Waals surface area contributed by atoms with Gasteiger partial charge in [0, 0.05) is 13.0 Å². The maximum atomic E-state index is 12.0. The molecule has 2 aromatic heterocycles. The second-order valence-electron chi connectivity index (χ2n) is 4.76. The number of hydrogen-bond donors (Lipinski definition) is 0. The summed E-state index contributed by atoms with van der Waals surface area (Å²) >= 11 is 1.59. The SMILES string of the molecule is CC(C)c1nc(CN(C)C(=O)Cc2ccsc2)no1. The van der Waals surface area contributed by atoms with Gasteiger partial charge in [-0.3, -0.25) is 4.79 Å². The van der Waals surface area contributed by atoms with Crippen molar-refractivity contribution < 1.29 is 9.32 Å². The lowest BCUT2D eigenvalue weighted by molar-refractivity contribution is -0.129. The second kappa shape index (κ2) is 5.97. The van der Waals surface area contributed by atoms with Crippen LogP contribution in [-0.2, 0) is 17.8 Å². The molecule has 0 saturated heterocycles. The van der Waals surface area contributed by atoms with Crippen LogP contribution in [0.4, 0.5) is 0 Å². The average Bonchev–Trinajstić information content (AvgIpc) is 2.99. The van der Waals surface area contributed by atoms with E-state index in [4.69, 9.17) is 4.52 Å². The van der Waals surface area contributed by atoms with E-state index in [0.29, 0.717) is 24.7 Å². The smallest absolute Gasteiger partial charge is 0.229 e. The minimum Gasteiger partial charge on any atom is -0.339 e. The van der Waals surface area contributed by atoms with Gasteiger partial charge in [-0.1, -0.05) is 19.0 Å². The summed E-state index contributed by atoms with van der Waals surface area (Å²) < 4.78 is 5.12. The van der Waals surface area contributed by atoms with Gasteiger partial charge in [0.15, 0.2) is 5.82 Å². The second-order valence-corrected chi connectivity index (χ2v) is 5.54. The number of rotatable bonds is 5. The van der Waals surface area contributed by atoms with Crippen molar-refractivity contribution in [1.82, 2.24) is 15.0 Å². The number of nitrogens with zero attached hydrogens (tertiary/aromatic N) is 3. The summed E-state index contributed by atoms with van der Waals surface area (Å²) in [6.07, 6.45) is 0.412. The Morgan fingerprint density at radius 1 is 1.53 bits per heavy atom. The number of carbonyl (C=O) groups is 1. The van der Waals surface area contributed by atoms with Gasteiger partial charge in [0.2, 0.25) is 11.8 Å². The van der Waals surface area contributed by atoms with Crippen molar-refractivity contribution >= 4 is 17.2 Å². The van der Waals surface area contributed by atoms with E-state index in [1.807, 2.05) is 30.7 Å². The van der Waals surface area contributed by atoms with E-state index >= 15 is 0 Å². The van der Waals surface area contributed by atoms with Crippen molar-refractivity contribution in [3.63, 3.8) is 0 Å². The zero-order chi connectivity index (χ0) is 13.8. The molecular weight excluding hydrogens is 262 g/mol. The Bertz CT molecular complexity index is 534. The highest BCUT2D eigenvalue weighted by Gasteiger charge is 2.15. The molecule has 1 amide bonds. The third kappa shape index (κ3) is 3.64. The van der Waals surface area contributed by atoms with Gasteiger partial charge < -0.3 is 9.42 Å². The monoisotopic (exact) mass is 279 g/mol. The van der Waals surface area contributed by atoms with Gasteiger partial charge in [0.25, 0.3) is 0 Å². The van der Waals surface area contributed by atoms with Crippen molar-refractivity contribution in [3.8, 4) is 0 Å². The van der Waals surface area contributed by atoms with Crippen LogP contribution in [0.1, 0.15) is 37.0 Å². The molecule has 0 aliphatic heterocycles. The summed E-state index contributed by atoms with van der Waals surface area (Å²) in [5.41, 5.74) is 1.04. The Balaban J connectivity index is 1.92. The van der Waals surface area contributed by atoms with E-state index in [9.17, 15) is 4.79 Å². The first-order valence-corrected chi connectivity index (χ1v) is 7.08. The Labute approximate surface area is 116 Å². The van der Waals surface area contributed by atoms with E-state index in [2.05, 4.69) is 10.1 Å². The first-order valence-electron chi connectivity index (χ1n) is 6.13. The highest BCUT2D eigenvalue weighted by Crippen LogP contribution is 2.12. The molecule has 102 valence electrons. The molecule has 0 fully saturated rings. The van der Waals surface area contributed by atoms with E-state index in [1.165, 1.54) is 0 Å². The minimum absolute atomic E-state index is 0.0503. The molecule has 5 nitrogen and oxygen atoms in total. The van der Waals surface area contributed by atoms with E-state index in [-0.39, 0.29) is 11.8 Å². The van der Waals surface area contributed by atoms with Gasteiger partial charge in [-0.15, -0.1) is 0 Å². The highest BCUT2D eigenvalue weighted by molar-refractivity contribution is 7.07. The van der Waals surface area contributed by atoms with Crippen LogP contribution in [0.3, 0.4) is 0 Å². The third-order valence-corrected chi connectivity index (χ3v) is 3.45. The molecule has 0 aromatic carbocycles. The number of carbonyl (C=O) groups excluding carboxylic acids is 1. The zero-order valence-corrected chi connectivity index (χ0v) is 12.1. The van der Waals surface area contributed by atoms with Crippen LogP contribution in [0, 0.1) is 0 Å². The first kappa shape index (κ1) is 13.7. The molecule has 6 heteroatoms. The first-order chi connectivity index (χ1) is 9.06. The fourth-order valence-electron chi connectivity index (χ4n) is 1.57. The predicted molar refractivity (Wildman–Crippen MR) is 72.9 cm³/mol. The van der Waals surface area contributed by atoms with Crippen LogP contribution < -0.4 is 0 Å². The van der Waals surface area contributed by atoms with Crippen LogP contribution in [0.5, 0.6) is 0 Å². The molecule has 2 rings (SSSR count). The van der Waals surface area contributed by atoms with Crippen molar-refractivity contribution in [3.05, 3.63) is 34.1 Å². The lowest BCUT2D eigenvalue weighted by atomic mass is 10.2. The van der Waals surface area contributed by atoms with Gasteiger partial charge in [-0.25, -0.2) is 0 Å². The lowest BCUT2D eigenvalue weighted by Crippen LogP contribution is -2.28. The van der Waals surface area contributed by atoms with Crippen LogP contribution in [-0.4, -0.2) is 28.0 Å². The van der Waals surface area contributed by atoms with Gasteiger partial charge in [0.05, 0.1) is 13.0 Å². The summed E-state index contributed by atoms with van der Waals surface area (Å²) in [4.78, 5) is 17.9. The number of hydrogen-bond acceptors (Lipinski definition) is 5. The Morgan fingerprint density at radius 3 is 2.89 bits per heavy atom. The molecule has 0 atom stereocenters. The topological polar surface area (TPSA) is 59.2 Å². The van der Waals surface area contributed by atoms with E-state index in [0.717, 1.165) is 5.56 Å². The molecule has 0 spiro atoms. The minimum atomic E-state index is 0.0503.